The molecule has 0 amide bonds. The first kappa shape index (κ1) is 21.0. The molecule has 3 heteroatoms. The zero-order valence-corrected chi connectivity index (χ0v) is 17.1. The van der Waals surface area contributed by atoms with Crippen LogP contribution in [0.5, 0.6) is 5.75 Å². The van der Waals surface area contributed by atoms with Crippen LogP contribution in [-0.4, -0.2) is 6.61 Å². The minimum Gasteiger partial charge on any atom is -0.493 e. The summed E-state index contributed by atoms with van der Waals surface area (Å²) in [6.07, 6.45) is 10.3. The van der Waals surface area contributed by atoms with Gasteiger partial charge in [-0.3, -0.25) is 0 Å². The predicted octanol–water partition coefficient (Wildman–Crippen LogP) is 6.67. The first-order valence-electron chi connectivity index (χ1n) is 9.90. The van der Waals surface area contributed by atoms with Gasteiger partial charge in [0.05, 0.1) is 6.61 Å². The average molecular weight is 369 g/mol. The van der Waals surface area contributed by atoms with E-state index in [1.807, 2.05) is 12.1 Å². The van der Waals surface area contributed by atoms with Gasteiger partial charge in [0.1, 0.15) is 11.3 Å². The highest BCUT2D eigenvalue weighted by atomic mass is 16.5. The zero-order chi connectivity index (χ0) is 19.6. The Morgan fingerprint density at radius 2 is 1.85 bits per heavy atom. The summed E-state index contributed by atoms with van der Waals surface area (Å²) in [6.45, 7) is 9.47. The number of fused-ring (bicyclic) bond motifs is 1. The van der Waals surface area contributed by atoms with Crippen molar-refractivity contribution < 1.29 is 9.15 Å². The van der Waals surface area contributed by atoms with Crippen molar-refractivity contribution in [1.29, 1.82) is 0 Å². The van der Waals surface area contributed by atoms with Crippen molar-refractivity contribution in [3.8, 4) is 5.75 Å². The molecule has 0 fully saturated rings. The lowest BCUT2D eigenvalue weighted by molar-refractivity contribution is 0.279. The first-order chi connectivity index (χ1) is 12.9. The fraction of sp³-hybridized carbons (Fsp3) is 0.458. The monoisotopic (exact) mass is 368 g/mol. The van der Waals surface area contributed by atoms with Gasteiger partial charge >= 0.3 is 5.63 Å². The molecule has 0 spiro atoms. The summed E-state index contributed by atoms with van der Waals surface area (Å²) in [5.41, 5.74) is 3.11. The third kappa shape index (κ3) is 7.86. The van der Waals surface area contributed by atoms with Crippen molar-refractivity contribution >= 4 is 11.0 Å². The molecule has 0 N–H and O–H groups in total. The first-order valence-corrected chi connectivity index (χ1v) is 9.90. The highest BCUT2D eigenvalue weighted by Crippen LogP contribution is 2.20. The summed E-state index contributed by atoms with van der Waals surface area (Å²) in [5.74, 6) is 1.37. The Kier molecular flexibility index (Phi) is 8.38. The largest absolute Gasteiger partial charge is 0.493 e. The molecule has 2 aromatic rings. The molecule has 1 aromatic carbocycles. The highest BCUT2D eigenvalue weighted by molar-refractivity contribution is 5.77. The molecule has 0 saturated heterocycles. The lowest BCUT2D eigenvalue weighted by atomic mass is 10.0. The third-order valence-corrected chi connectivity index (χ3v) is 4.72. The molecule has 0 aliphatic carbocycles. The van der Waals surface area contributed by atoms with Gasteiger partial charge in [0.25, 0.3) is 0 Å². The van der Waals surface area contributed by atoms with Gasteiger partial charge in [0, 0.05) is 17.5 Å². The van der Waals surface area contributed by atoms with Crippen LogP contribution in [0, 0.1) is 5.92 Å². The minimum absolute atomic E-state index is 0.336. The smallest absolute Gasteiger partial charge is 0.336 e. The van der Waals surface area contributed by atoms with E-state index in [0.717, 1.165) is 36.8 Å². The molecule has 0 aliphatic heterocycles. The second-order valence-corrected chi connectivity index (χ2v) is 7.64. The van der Waals surface area contributed by atoms with Crippen molar-refractivity contribution in [3.63, 3.8) is 0 Å². The van der Waals surface area contributed by atoms with Gasteiger partial charge < -0.3 is 9.15 Å². The maximum Gasteiger partial charge on any atom is 0.336 e. The van der Waals surface area contributed by atoms with Crippen LogP contribution >= 0.6 is 0 Å². The van der Waals surface area contributed by atoms with Gasteiger partial charge in [-0.05, 0) is 77.0 Å². The molecular weight excluding hydrogens is 336 g/mol. The van der Waals surface area contributed by atoms with E-state index < -0.39 is 0 Å². The van der Waals surface area contributed by atoms with Crippen LogP contribution in [0.15, 0.2) is 62.8 Å². The van der Waals surface area contributed by atoms with E-state index in [4.69, 9.17) is 9.15 Å². The fourth-order valence-corrected chi connectivity index (χ4v) is 2.96. The Bertz CT molecular complexity index is 838. The molecule has 0 saturated carbocycles. The van der Waals surface area contributed by atoms with E-state index >= 15 is 0 Å². The lowest BCUT2D eigenvalue weighted by Crippen LogP contribution is -2.04. The molecule has 146 valence electrons. The van der Waals surface area contributed by atoms with Crippen molar-refractivity contribution in [2.24, 2.45) is 5.92 Å². The number of allylic oxidation sites excluding steroid dienone is 4. The van der Waals surface area contributed by atoms with Gasteiger partial charge in [-0.25, -0.2) is 4.79 Å². The van der Waals surface area contributed by atoms with Crippen molar-refractivity contribution in [1.82, 2.24) is 0 Å². The van der Waals surface area contributed by atoms with Gasteiger partial charge in [0.2, 0.25) is 0 Å². The number of hydrogen-bond acceptors (Lipinski definition) is 3. The zero-order valence-electron chi connectivity index (χ0n) is 17.1. The number of ether oxygens (including phenoxy) is 1. The van der Waals surface area contributed by atoms with Crippen LogP contribution in [0.1, 0.15) is 59.8 Å². The van der Waals surface area contributed by atoms with Crippen molar-refractivity contribution in [2.75, 3.05) is 6.61 Å². The summed E-state index contributed by atoms with van der Waals surface area (Å²) in [5, 5.41) is 0.905. The second-order valence-electron chi connectivity index (χ2n) is 7.64. The van der Waals surface area contributed by atoms with E-state index in [-0.39, 0.29) is 5.63 Å². The van der Waals surface area contributed by atoms with Crippen LogP contribution in [0.3, 0.4) is 0 Å². The number of benzene rings is 1. The maximum absolute atomic E-state index is 11.3. The SMILES string of the molecule is CC(C)=CCC/C(C)=C/CCC(C)CCOc1ccc2ccc(=O)oc2c1. The van der Waals surface area contributed by atoms with Crippen LogP contribution < -0.4 is 10.4 Å². The molecule has 0 bridgehead atoms. The summed E-state index contributed by atoms with van der Waals surface area (Å²) in [7, 11) is 0. The average Bonchev–Trinajstić information content (AvgIpc) is 2.61. The normalized spacial score (nSPS) is 12.8. The van der Waals surface area contributed by atoms with Crippen molar-refractivity contribution in [3.05, 3.63) is 64.1 Å². The summed E-state index contributed by atoms with van der Waals surface area (Å²) < 4.78 is 11.0. The fourth-order valence-electron chi connectivity index (χ4n) is 2.96. The number of hydrogen-bond donors (Lipinski definition) is 0. The molecule has 0 aliphatic rings. The molecular formula is C24H32O3. The molecule has 1 heterocycles. The molecule has 1 unspecified atom stereocenters. The number of rotatable bonds is 10. The van der Waals surface area contributed by atoms with Gasteiger partial charge in [0.15, 0.2) is 0 Å². The van der Waals surface area contributed by atoms with Crippen LogP contribution in [-0.2, 0) is 0 Å². The minimum atomic E-state index is -0.336. The quantitative estimate of drug-likeness (QED) is 0.347. The summed E-state index contributed by atoms with van der Waals surface area (Å²) >= 11 is 0. The van der Waals surface area contributed by atoms with Crippen LogP contribution in [0.4, 0.5) is 0 Å². The molecule has 2 rings (SSSR count). The topological polar surface area (TPSA) is 39.4 Å². The Hall–Kier alpha value is -2.29. The van der Waals surface area contributed by atoms with E-state index in [1.54, 1.807) is 12.1 Å². The Morgan fingerprint density at radius 1 is 1.07 bits per heavy atom. The van der Waals surface area contributed by atoms with Gasteiger partial charge in [-0.15, -0.1) is 0 Å². The Morgan fingerprint density at radius 3 is 2.63 bits per heavy atom. The van der Waals surface area contributed by atoms with Gasteiger partial charge in [-0.2, -0.15) is 0 Å². The van der Waals surface area contributed by atoms with Gasteiger partial charge in [-0.1, -0.05) is 30.2 Å². The van der Waals surface area contributed by atoms with E-state index in [0.29, 0.717) is 18.1 Å². The Balaban J connectivity index is 1.70. The Labute approximate surface area is 162 Å². The van der Waals surface area contributed by atoms with E-state index in [1.165, 1.54) is 23.6 Å². The third-order valence-electron chi connectivity index (χ3n) is 4.72. The summed E-state index contributed by atoms with van der Waals surface area (Å²) in [4.78, 5) is 11.3. The second kappa shape index (κ2) is 10.8. The highest BCUT2D eigenvalue weighted by Gasteiger charge is 2.04. The lowest BCUT2D eigenvalue weighted by Gasteiger charge is -2.12. The van der Waals surface area contributed by atoms with Crippen LogP contribution in [0.25, 0.3) is 11.0 Å². The van der Waals surface area contributed by atoms with Crippen molar-refractivity contribution in [2.45, 2.75) is 59.8 Å². The van der Waals surface area contributed by atoms with E-state index in [2.05, 4.69) is 39.8 Å². The summed E-state index contributed by atoms with van der Waals surface area (Å²) in [6, 6.07) is 8.83. The molecule has 3 nitrogen and oxygen atoms in total. The van der Waals surface area contributed by atoms with Crippen LogP contribution in [0.2, 0.25) is 0 Å². The maximum atomic E-state index is 11.3. The molecule has 0 radical (unpaired) electrons. The molecule has 1 atom stereocenters. The standard InChI is InChI=1S/C24H32O3/c1-18(2)7-5-8-19(3)9-6-10-20(4)15-16-26-22-13-11-21-12-14-24(25)27-23(21)17-22/h7,9,11-14,17,20H,5-6,8,10,15-16H2,1-4H3/b19-9+. The molecule has 1 aromatic heterocycles. The molecule has 27 heavy (non-hydrogen) atoms. The predicted molar refractivity (Wildman–Crippen MR) is 113 cm³/mol. The van der Waals surface area contributed by atoms with E-state index in [9.17, 15) is 4.79 Å².